The van der Waals surface area contributed by atoms with Crippen molar-refractivity contribution in [1.29, 1.82) is 0 Å². The number of benzene rings is 1. The van der Waals surface area contributed by atoms with Gasteiger partial charge in [0.15, 0.2) is 0 Å². The largest absolute Gasteiger partial charge is 0.271 e. The van der Waals surface area contributed by atoms with E-state index in [1.807, 2.05) is 18.2 Å². The van der Waals surface area contributed by atoms with E-state index in [0.717, 1.165) is 18.4 Å². The van der Waals surface area contributed by atoms with Crippen LogP contribution in [0.5, 0.6) is 0 Å². The minimum Gasteiger partial charge on any atom is -0.271 e. The van der Waals surface area contributed by atoms with Crippen molar-refractivity contribution in [2.24, 2.45) is 0 Å². The molecule has 19 heavy (non-hydrogen) atoms. The van der Waals surface area contributed by atoms with E-state index in [1.165, 1.54) is 10.6 Å². The Balaban J connectivity index is 1.95. The number of nitrogens with zero attached hydrogens (tertiary/aromatic N) is 1. The van der Waals surface area contributed by atoms with Gasteiger partial charge in [0, 0.05) is 12.6 Å². The van der Waals surface area contributed by atoms with Gasteiger partial charge in [0.05, 0.1) is 6.61 Å². The van der Waals surface area contributed by atoms with Crippen LogP contribution in [-0.4, -0.2) is 24.1 Å². The molecule has 1 aliphatic rings. The van der Waals surface area contributed by atoms with Gasteiger partial charge in [0.1, 0.15) is 0 Å². The van der Waals surface area contributed by atoms with Crippen LogP contribution in [0.2, 0.25) is 0 Å². The van der Waals surface area contributed by atoms with Gasteiger partial charge in [0.25, 0.3) is 5.91 Å². The van der Waals surface area contributed by atoms with Crippen LogP contribution < -0.4 is 0 Å². The first-order valence-corrected chi connectivity index (χ1v) is 6.89. The smallest absolute Gasteiger partial charge is 0.270 e. The van der Waals surface area contributed by atoms with E-state index in [-0.39, 0.29) is 5.91 Å². The Labute approximate surface area is 114 Å². The van der Waals surface area contributed by atoms with Crippen LogP contribution in [0.4, 0.5) is 0 Å². The lowest BCUT2D eigenvalue weighted by atomic mass is 10.0. The van der Waals surface area contributed by atoms with Gasteiger partial charge in [-0.25, -0.2) is 5.06 Å². The predicted octanol–water partition coefficient (Wildman–Crippen LogP) is 3.38. The number of amides is 1. The highest BCUT2D eigenvalue weighted by atomic mass is 16.7. The maximum Gasteiger partial charge on any atom is 0.270 e. The summed E-state index contributed by atoms with van der Waals surface area (Å²) in [5.41, 5.74) is 2.34. The summed E-state index contributed by atoms with van der Waals surface area (Å²) in [4.78, 5) is 17.2. The molecule has 1 saturated heterocycles. The Bertz CT molecular complexity index is 442. The average molecular weight is 259 g/mol. The molecule has 2 rings (SSSR count). The standard InChI is InChI=1S/C16H21NO2/c1-13(2)15-8-5-14(6-9-15)7-10-16(18)17-11-3-4-12-19-17/h5-10,13H,3-4,11-12H2,1-2H3/b10-7+. The van der Waals surface area contributed by atoms with Crippen molar-refractivity contribution in [3.63, 3.8) is 0 Å². The number of hydrogen-bond donors (Lipinski definition) is 0. The van der Waals surface area contributed by atoms with Gasteiger partial charge in [-0.15, -0.1) is 0 Å². The highest BCUT2D eigenvalue weighted by Gasteiger charge is 2.14. The minimum atomic E-state index is -0.0763. The van der Waals surface area contributed by atoms with Gasteiger partial charge in [-0.1, -0.05) is 38.1 Å². The average Bonchev–Trinajstić information content (AvgIpc) is 2.46. The van der Waals surface area contributed by atoms with Crippen LogP contribution in [0.1, 0.15) is 43.7 Å². The first kappa shape index (κ1) is 13.8. The molecule has 0 atom stereocenters. The molecule has 1 amide bonds. The fraction of sp³-hybridized carbons (Fsp3) is 0.438. The first-order chi connectivity index (χ1) is 9.16. The summed E-state index contributed by atoms with van der Waals surface area (Å²) in [6.45, 7) is 5.67. The molecule has 0 bridgehead atoms. The highest BCUT2D eigenvalue weighted by Crippen LogP contribution is 2.15. The Kier molecular flexibility index (Phi) is 4.74. The number of rotatable bonds is 3. The van der Waals surface area contributed by atoms with Crippen molar-refractivity contribution >= 4 is 12.0 Å². The Morgan fingerprint density at radius 2 is 2.00 bits per heavy atom. The van der Waals surface area contributed by atoms with Gasteiger partial charge >= 0.3 is 0 Å². The molecule has 1 aromatic rings. The zero-order valence-electron chi connectivity index (χ0n) is 11.6. The van der Waals surface area contributed by atoms with Gasteiger partial charge in [-0.3, -0.25) is 9.63 Å². The molecule has 1 heterocycles. The maximum atomic E-state index is 11.9. The quantitative estimate of drug-likeness (QED) is 0.779. The van der Waals surface area contributed by atoms with Crippen LogP contribution in [0.3, 0.4) is 0 Å². The molecule has 0 saturated carbocycles. The first-order valence-electron chi connectivity index (χ1n) is 6.89. The minimum absolute atomic E-state index is 0.0763. The Hall–Kier alpha value is -1.61. The summed E-state index contributed by atoms with van der Waals surface area (Å²) < 4.78 is 0. The zero-order valence-corrected chi connectivity index (χ0v) is 11.6. The third kappa shape index (κ3) is 3.93. The van der Waals surface area contributed by atoms with Crippen molar-refractivity contribution in [2.45, 2.75) is 32.6 Å². The maximum absolute atomic E-state index is 11.9. The van der Waals surface area contributed by atoms with Crippen molar-refractivity contribution in [3.05, 3.63) is 41.5 Å². The van der Waals surface area contributed by atoms with Crippen LogP contribution >= 0.6 is 0 Å². The molecule has 0 N–H and O–H groups in total. The second-order valence-corrected chi connectivity index (χ2v) is 5.14. The molecule has 3 nitrogen and oxygen atoms in total. The fourth-order valence-corrected chi connectivity index (χ4v) is 2.01. The lowest BCUT2D eigenvalue weighted by Gasteiger charge is -2.24. The Morgan fingerprint density at radius 3 is 2.58 bits per heavy atom. The summed E-state index contributed by atoms with van der Waals surface area (Å²) in [6.07, 6.45) is 5.47. The molecular weight excluding hydrogens is 238 g/mol. The summed E-state index contributed by atoms with van der Waals surface area (Å²) >= 11 is 0. The molecule has 102 valence electrons. The molecule has 3 heteroatoms. The molecule has 0 unspecified atom stereocenters. The van der Waals surface area contributed by atoms with Gasteiger partial charge in [-0.2, -0.15) is 0 Å². The molecule has 0 aliphatic carbocycles. The monoisotopic (exact) mass is 259 g/mol. The predicted molar refractivity (Wildman–Crippen MR) is 76.5 cm³/mol. The number of hydrogen-bond acceptors (Lipinski definition) is 2. The fourth-order valence-electron chi connectivity index (χ4n) is 2.01. The summed E-state index contributed by atoms with van der Waals surface area (Å²) in [7, 11) is 0. The van der Waals surface area contributed by atoms with Gasteiger partial charge < -0.3 is 0 Å². The van der Waals surface area contributed by atoms with E-state index in [0.29, 0.717) is 19.1 Å². The normalized spacial score (nSPS) is 16.3. The highest BCUT2D eigenvalue weighted by molar-refractivity contribution is 5.91. The van der Waals surface area contributed by atoms with E-state index in [4.69, 9.17) is 4.84 Å². The number of carbonyl (C=O) groups is 1. The molecule has 1 aliphatic heterocycles. The zero-order chi connectivity index (χ0) is 13.7. The summed E-state index contributed by atoms with van der Waals surface area (Å²) in [6, 6.07) is 8.28. The molecular formula is C16H21NO2. The third-order valence-electron chi connectivity index (χ3n) is 3.27. The lowest BCUT2D eigenvalue weighted by Crippen LogP contribution is -2.34. The molecule has 0 spiro atoms. The van der Waals surface area contributed by atoms with Crippen LogP contribution in [0.15, 0.2) is 30.3 Å². The molecule has 0 aromatic heterocycles. The lowest BCUT2D eigenvalue weighted by molar-refractivity contribution is -0.191. The second kappa shape index (κ2) is 6.53. The van der Waals surface area contributed by atoms with Crippen molar-refractivity contribution in [3.8, 4) is 0 Å². The van der Waals surface area contributed by atoms with Crippen molar-refractivity contribution < 1.29 is 9.63 Å². The summed E-state index contributed by atoms with van der Waals surface area (Å²) in [5.74, 6) is 0.453. The van der Waals surface area contributed by atoms with E-state index in [2.05, 4.69) is 26.0 Å². The van der Waals surface area contributed by atoms with E-state index in [1.54, 1.807) is 6.08 Å². The second-order valence-electron chi connectivity index (χ2n) is 5.14. The van der Waals surface area contributed by atoms with Crippen molar-refractivity contribution in [1.82, 2.24) is 5.06 Å². The van der Waals surface area contributed by atoms with E-state index in [9.17, 15) is 4.79 Å². The molecule has 0 radical (unpaired) electrons. The van der Waals surface area contributed by atoms with Gasteiger partial charge in [-0.05, 0) is 36.0 Å². The van der Waals surface area contributed by atoms with Crippen LogP contribution in [-0.2, 0) is 9.63 Å². The van der Waals surface area contributed by atoms with Crippen LogP contribution in [0, 0.1) is 0 Å². The van der Waals surface area contributed by atoms with E-state index < -0.39 is 0 Å². The van der Waals surface area contributed by atoms with E-state index >= 15 is 0 Å². The SMILES string of the molecule is CC(C)c1ccc(/C=C/C(=O)N2CCCCO2)cc1. The number of carbonyl (C=O) groups excluding carboxylic acids is 1. The van der Waals surface area contributed by atoms with Crippen LogP contribution in [0.25, 0.3) is 6.08 Å². The molecule has 1 fully saturated rings. The molecule has 1 aromatic carbocycles. The summed E-state index contributed by atoms with van der Waals surface area (Å²) in [5, 5.41) is 1.45. The van der Waals surface area contributed by atoms with Gasteiger partial charge in [0.2, 0.25) is 0 Å². The number of hydroxylamine groups is 2. The Morgan fingerprint density at radius 1 is 1.26 bits per heavy atom. The topological polar surface area (TPSA) is 29.5 Å². The van der Waals surface area contributed by atoms with Crippen molar-refractivity contribution in [2.75, 3.05) is 13.2 Å². The third-order valence-corrected chi connectivity index (χ3v) is 3.27.